The van der Waals surface area contributed by atoms with E-state index in [4.69, 9.17) is 10.9 Å². The predicted molar refractivity (Wildman–Crippen MR) is 58.5 cm³/mol. The van der Waals surface area contributed by atoms with Gasteiger partial charge >= 0.3 is 0 Å². The number of nitrogens with two attached hydrogens (primary N) is 1. The van der Waals surface area contributed by atoms with E-state index in [-0.39, 0.29) is 23.5 Å². The van der Waals surface area contributed by atoms with Gasteiger partial charge in [-0.2, -0.15) is 15.4 Å². The Bertz CT molecular complexity index is 415. The molecule has 8 nitrogen and oxygen atoms in total. The second-order valence-corrected chi connectivity index (χ2v) is 3.89. The van der Waals surface area contributed by atoms with Crippen molar-refractivity contribution in [3.63, 3.8) is 0 Å². The topological polar surface area (TPSA) is 120 Å². The van der Waals surface area contributed by atoms with Crippen LogP contribution in [0.15, 0.2) is 11.4 Å². The van der Waals surface area contributed by atoms with Gasteiger partial charge in [-0.25, -0.2) is 0 Å². The number of rotatable bonds is 2. The summed E-state index contributed by atoms with van der Waals surface area (Å²) in [6.07, 6.45) is 3.90. The second kappa shape index (κ2) is 4.81. The summed E-state index contributed by atoms with van der Waals surface area (Å²) in [4.78, 5) is 13.7. The molecule has 0 spiro atoms. The fraction of sp³-hybridized carbons (Fsp3) is 0.556. The van der Waals surface area contributed by atoms with Gasteiger partial charge in [-0.3, -0.25) is 4.79 Å². The van der Waals surface area contributed by atoms with E-state index < -0.39 is 0 Å². The normalized spacial score (nSPS) is 21.5. The molecular formula is C9H14N6O2. The molecule has 8 heteroatoms. The van der Waals surface area contributed by atoms with Gasteiger partial charge in [0, 0.05) is 6.54 Å². The number of H-pyrrole nitrogens is 1. The Labute approximate surface area is 97.5 Å². The van der Waals surface area contributed by atoms with Crippen molar-refractivity contribution in [2.45, 2.75) is 25.3 Å². The number of likely N-dealkylation sites (tertiary alicyclic amines) is 1. The van der Waals surface area contributed by atoms with Gasteiger partial charge < -0.3 is 15.8 Å². The van der Waals surface area contributed by atoms with Gasteiger partial charge in [-0.15, -0.1) is 0 Å². The lowest BCUT2D eigenvalue weighted by atomic mass is 10.0. The Kier molecular flexibility index (Phi) is 3.22. The third kappa shape index (κ3) is 2.19. The summed E-state index contributed by atoms with van der Waals surface area (Å²) in [7, 11) is 0. The van der Waals surface area contributed by atoms with Crippen LogP contribution < -0.4 is 5.73 Å². The third-order valence-corrected chi connectivity index (χ3v) is 2.85. The van der Waals surface area contributed by atoms with Gasteiger partial charge in [0.15, 0.2) is 11.5 Å². The van der Waals surface area contributed by atoms with Crippen LogP contribution in [0.25, 0.3) is 0 Å². The van der Waals surface area contributed by atoms with Crippen LogP contribution in [-0.4, -0.2) is 49.8 Å². The molecule has 1 amide bonds. The van der Waals surface area contributed by atoms with Crippen LogP contribution >= 0.6 is 0 Å². The maximum atomic E-state index is 12.1. The Morgan fingerprint density at radius 3 is 3.12 bits per heavy atom. The Morgan fingerprint density at radius 2 is 2.47 bits per heavy atom. The first-order chi connectivity index (χ1) is 8.24. The smallest absolute Gasteiger partial charge is 0.276 e. The van der Waals surface area contributed by atoms with Crippen LogP contribution in [0.5, 0.6) is 0 Å². The Morgan fingerprint density at radius 1 is 1.65 bits per heavy atom. The minimum absolute atomic E-state index is 0.0570. The molecule has 2 rings (SSSR count). The van der Waals surface area contributed by atoms with Crippen molar-refractivity contribution in [3.05, 3.63) is 11.9 Å². The van der Waals surface area contributed by atoms with E-state index in [1.165, 1.54) is 6.20 Å². The average molecular weight is 238 g/mol. The summed E-state index contributed by atoms with van der Waals surface area (Å²) >= 11 is 0. The number of nitrogens with one attached hydrogen (secondary N) is 1. The number of hydrogen-bond donors (Lipinski definition) is 3. The van der Waals surface area contributed by atoms with E-state index in [2.05, 4.69) is 20.6 Å². The molecule has 1 aromatic rings. The summed E-state index contributed by atoms with van der Waals surface area (Å²) in [5.74, 6) is -0.198. The molecule has 1 atom stereocenters. The molecule has 0 saturated carbocycles. The molecule has 1 aromatic heterocycles. The number of nitrogens with zero attached hydrogens (tertiary/aromatic N) is 4. The molecule has 0 aromatic carbocycles. The number of carbonyl (C=O) groups excluding carboxylic acids is 1. The number of hydrogen-bond acceptors (Lipinski definition) is 5. The van der Waals surface area contributed by atoms with Gasteiger partial charge in [0.1, 0.15) is 0 Å². The van der Waals surface area contributed by atoms with Gasteiger partial charge in [0.05, 0.1) is 12.2 Å². The van der Waals surface area contributed by atoms with Crippen LogP contribution in [0.2, 0.25) is 0 Å². The van der Waals surface area contributed by atoms with Crippen LogP contribution in [0, 0.1) is 0 Å². The molecule has 1 aliphatic heterocycles. The molecule has 4 N–H and O–H groups in total. The summed E-state index contributed by atoms with van der Waals surface area (Å²) < 4.78 is 0. The minimum Gasteiger partial charge on any atom is -0.409 e. The highest BCUT2D eigenvalue weighted by molar-refractivity contribution is 5.96. The first-order valence-electron chi connectivity index (χ1n) is 5.38. The number of aromatic amines is 1. The molecule has 1 saturated heterocycles. The molecule has 2 heterocycles. The van der Waals surface area contributed by atoms with Crippen molar-refractivity contribution >= 4 is 11.7 Å². The summed E-state index contributed by atoms with van der Waals surface area (Å²) in [5, 5.41) is 21.4. The van der Waals surface area contributed by atoms with Crippen molar-refractivity contribution in [1.82, 2.24) is 20.3 Å². The number of carbonyl (C=O) groups is 1. The monoisotopic (exact) mass is 238 g/mol. The number of amides is 1. The van der Waals surface area contributed by atoms with Crippen LogP contribution in [0.4, 0.5) is 0 Å². The highest BCUT2D eigenvalue weighted by Crippen LogP contribution is 2.19. The Hall–Kier alpha value is -2.12. The highest BCUT2D eigenvalue weighted by atomic mass is 16.4. The molecule has 92 valence electrons. The van der Waals surface area contributed by atoms with Crippen LogP contribution in [0.1, 0.15) is 29.8 Å². The fourth-order valence-electron chi connectivity index (χ4n) is 2.00. The lowest BCUT2D eigenvalue weighted by Gasteiger charge is -2.34. The van der Waals surface area contributed by atoms with Gasteiger partial charge in [-0.05, 0) is 19.3 Å². The van der Waals surface area contributed by atoms with Crippen molar-refractivity contribution in [1.29, 1.82) is 0 Å². The minimum atomic E-state index is -0.363. The zero-order chi connectivity index (χ0) is 12.3. The first kappa shape index (κ1) is 11.4. The maximum Gasteiger partial charge on any atom is 0.276 e. The predicted octanol–water partition coefficient (Wildman–Crippen LogP) is -0.454. The SMILES string of the molecule is NC(=NO)C1CCCCN1C(=O)c1cn[nH]n1. The van der Waals surface area contributed by atoms with Crippen LogP contribution in [0.3, 0.4) is 0 Å². The molecule has 0 aliphatic carbocycles. The molecule has 0 bridgehead atoms. The second-order valence-electron chi connectivity index (χ2n) is 3.89. The summed E-state index contributed by atoms with van der Waals surface area (Å²) in [5.41, 5.74) is 5.83. The van der Waals surface area contributed by atoms with Gasteiger partial charge in [0.2, 0.25) is 0 Å². The fourth-order valence-corrected chi connectivity index (χ4v) is 2.00. The van der Waals surface area contributed by atoms with Crippen molar-refractivity contribution in [2.75, 3.05) is 6.54 Å². The zero-order valence-electron chi connectivity index (χ0n) is 9.20. The summed E-state index contributed by atoms with van der Waals surface area (Å²) in [6.45, 7) is 0.576. The van der Waals surface area contributed by atoms with E-state index in [0.29, 0.717) is 13.0 Å². The summed E-state index contributed by atoms with van der Waals surface area (Å²) in [6, 6.07) is -0.363. The number of amidine groups is 1. The molecule has 0 radical (unpaired) electrons. The van der Waals surface area contributed by atoms with E-state index in [0.717, 1.165) is 12.8 Å². The van der Waals surface area contributed by atoms with E-state index >= 15 is 0 Å². The van der Waals surface area contributed by atoms with Gasteiger partial charge in [0.25, 0.3) is 5.91 Å². The highest BCUT2D eigenvalue weighted by Gasteiger charge is 2.31. The molecule has 1 unspecified atom stereocenters. The average Bonchev–Trinajstić information content (AvgIpc) is 2.91. The van der Waals surface area contributed by atoms with Crippen molar-refractivity contribution < 1.29 is 10.0 Å². The van der Waals surface area contributed by atoms with E-state index in [1.807, 2.05) is 0 Å². The number of piperidine rings is 1. The lowest BCUT2D eigenvalue weighted by Crippen LogP contribution is -2.50. The van der Waals surface area contributed by atoms with Crippen molar-refractivity contribution in [2.24, 2.45) is 10.9 Å². The quantitative estimate of drug-likeness (QED) is 0.279. The zero-order valence-corrected chi connectivity index (χ0v) is 9.20. The number of oxime groups is 1. The maximum absolute atomic E-state index is 12.1. The first-order valence-corrected chi connectivity index (χ1v) is 5.38. The van der Waals surface area contributed by atoms with E-state index in [9.17, 15) is 4.79 Å². The van der Waals surface area contributed by atoms with Crippen LogP contribution in [-0.2, 0) is 0 Å². The largest absolute Gasteiger partial charge is 0.409 e. The third-order valence-electron chi connectivity index (χ3n) is 2.85. The van der Waals surface area contributed by atoms with Crippen molar-refractivity contribution in [3.8, 4) is 0 Å². The molecule has 17 heavy (non-hydrogen) atoms. The molecular weight excluding hydrogens is 224 g/mol. The standard InChI is InChI=1S/C9H14N6O2/c10-8(13-17)7-3-1-2-4-15(7)9(16)6-5-11-14-12-6/h5,7,17H,1-4H2,(H2,10,13)(H,11,12,14). The van der Waals surface area contributed by atoms with Gasteiger partial charge in [-0.1, -0.05) is 5.16 Å². The molecule has 1 fully saturated rings. The molecule has 1 aliphatic rings. The van der Waals surface area contributed by atoms with E-state index in [1.54, 1.807) is 4.90 Å². The Balaban J connectivity index is 2.19. The lowest BCUT2D eigenvalue weighted by molar-refractivity contribution is 0.0670. The number of aromatic nitrogens is 3.